The summed E-state index contributed by atoms with van der Waals surface area (Å²) in [5.41, 5.74) is 1.70. The van der Waals surface area contributed by atoms with Gasteiger partial charge in [-0.25, -0.2) is 9.59 Å². The Balaban J connectivity index is 2.18. The largest absolute Gasteiger partial charge is 0.462 e. The predicted molar refractivity (Wildman–Crippen MR) is 96.9 cm³/mol. The molecule has 1 atom stereocenters. The maximum atomic E-state index is 12.4. The minimum Gasteiger partial charge on any atom is -0.462 e. The van der Waals surface area contributed by atoms with Gasteiger partial charge in [-0.1, -0.05) is 23.7 Å². The van der Waals surface area contributed by atoms with E-state index in [-0.39, 0.29) is 18.1 Å². The third-order valence-electron chi connectivity index (χ3n) is 3.88. The molecule has 0 saturated heterocycles. The summed E-state index contributed by atoms with van der Waals surface area (Å²) in [6.07, 6.45) is -1.00. The smallest absolute Gasteiger partial charge is 0.355 e. The number of hydrogen-bond acceptors (Lipinski definition) is 5. The Kier molecular flexibility index (Phi) is 6.21. The van der Waals surface area contributed by atoms with E-state index in [1.165, 1.54) is 13.0 Å². The number of rotatable bonds is 6. The second kappa shape index (κ2) is 8.19. The topological polar surface area (TPSA) is 85.5 Å². The summed E-state index contributed by atoms with van der Waals surface area (Å²) in [5.74, 6) is -1.60. The fourth-order valence-corrected chi connectivity index (χ4v) is 2.80. The normalized spacial score (nSPS) is 11.7. The minimum atomic E-state index is -1.00. The van der Waals surface area contributed by atoms with E-state index < -0.39 is 18.0 Å². The maximum Gasteiger partial charge on any atom is 0.355 e. The first-order chi connectivity index (χ1) is 12.3. The Morgan fingerprint density at radius 3 is 2.50 bits per heavy atom. The molecule has 6 nitrogen and oxygen atoms in total. The van der Waals surface area contributed by atoms with Gasteiger partial charge in [-0.05, 0) is 45.4 Å². The summed E-state index contributed by atoms with van der Waals surface area (Å²) in [4.78, 5) is 39.7. The number of Topliss-reactive ketones (excluding diaryl/α,β-unsaturated/α-hetero) is 1. The van der Waals surface area contributed by atoms with Crippen molar-refractivity contribution in [2.75, 3.05) is 6.61 Å². The average molecular weight is 378 g/mol. The van der Waals surface area contributed by atoms with Gasteiger partial charge in [0.25, 0.3) is 0 Å². The molecule has 0 bridgehead atoms. The number of aromatic nitrogens is 1. The van der Waals surface area contributed by atoms with Crippen LogP contribution in [0.1, 0.15) is 56.3 Å². The first kappa shape index (κ1) is 19.7. The number of hydrogen-bond donors (Lipinski definition) is 1. The molecular weight excluding hydrogens is 358 g/mol. The molecule has 7 heteroatoms. The molecule has 2 rings (SSSR count). The third kappa shape index (κ3) is 4.14. The lowest BCUT2D eigenvalue weighted by atomic mass is 10.1. The molecule has 0 saturated carbocycles. The molecule has 0 amide bonds. The van der Waals surface area contributed by atoms with Gasteiger partial charge in [0.05, 0.1) is 12.2 Å². The maximum absolute atomic E-state index is 12.4. The van der Waals surface area contributed by atoms with Crippen LogP contribution in [0.2, 0.25) is 5.02 Å². The molecule has 1 unspecified atom stereocenters. The molecule has 138 valence electrons. The van der Waals surface area contributed by atoms with E-state index in [1.54, 1.807) is 39.0 Å². The van der Waals surface area contributed by atoms with E-state index in [0.29, 0.717) is 27.4 Å². The van der Waals surface area contributed by atoms with Gasteiger partial charge in [0.1, 0.15) is 5.69 Å². The van der Waals surface area contributed by atoms with E-state index in [0.717, 1.165) is 0 Å². The number of nitrogens with one attached hydrogen (secondary N) is 1. The molecule has 1 heterocycles. The standard InChI is InChI=1S/C19H20ClNO5/c1-5-25-18(23)15-10(2)16(21-11(15)3)19(24)26-12(4)17(22)13-7-6-8-14(20)9-13/h6-9,12,21H,5H2,1-4H3. The SMILES string of the molecule is CCOC(=O)c1c(C)[nH]c(C(=O)OC(C)C(=O)c2cccc(Cl)c2)c1C. The number of H-pyrrole nitrogens is 1. The molecule has 26 heavy (non-hydrogen) atoms. The lowest BCUT2D eigenvalue weighted by molar-refractivity contribution is 0.0313. The van der Waals surface area contributed by atoms with E-state index >= 15 is 0 Å². The molecule has 1 N–H and O–H groups in total. The number of carbonyl (C=O) groups excluding carboxylic acids is 3. The number of ketones is 1. The number of benzene rings is 1. The third-order valence-corrected chi connectivity index (χ3v) is 4.12. The zero-order chi connectivity index (χ0) is 19.4. The zero-order valence-corrected chi connectivity index (χ0v) is 15.8. The average Bonchev–Trinajstić information content (AvgIpc) is 2.89. The summed E-state index contributed by atoms with van der Waals surface area (Å²) < 4.78 is 10.3. The quantitative estimate of drug-likeness (QED) is 0.609. The van der Waals surface area contributed by atoms with Gasteiger partial charge in [0.2, 0.25) is 5.78 Å². The second-order valence-electron chi connectivity index (χ2n) is 5.77. The van der Waals surface area contributed by atoms with Gasteiger partial charge in [0.15, 0.2) is 6.10 Å². The first-order valence-corrected chi connectivity index (χ1v) is 8.51. The van der Waals surface area contributed by atoms with Crippen LogP contribution in [0.15, 0.2) is 24.3 Å². The minimum absolute atomic E-state index is 0.122. The Morgan fingerprint density at radius 2 is 1.88 bits per heavy atom. The summed E-state index contributed by atoms with van der Waals surface area (Å²) >= 11 is 5.88. The molecule has 0 spiro atoms. The monoisotopic (exact) mass is 377 g/mol. The number of halogens is 1. The summed E-state index contributed by atoms with van der Waals surface area (Å²) in [6.45, 7) is 6.70. The van der Waals surface area contributed by atoms with Gasteiger partial charge in [-0.15, -0.1) is 0 Å². The van der Waals surface area contributed by atoms with Crippen molar-refractivity contribution in [2.24, 2.45) is 0 Å². The van der Waals surface area contributed by atoms with Crippen molar-refractivity contribution in [3.05, 3.63) is 57.4 Å². The Morgan fingerprint density at radius 1 is 1.19 bits per heavy atom. The lowest BCUT2D eigenvalue weighted by Gasteiger charge is -2.12. The zero-order valence-electron chi connectivity index (χ0n) is 15.0. The second-order valence-corrected chi connectivity index (χ2v) is 6.20. The van der Waals surface area contributed by atoms with Crippen LogP contribution in [0.25, 0.3) is 0 Å². The molecule has 0 aliphatic rings. The van der Waals surface area contributed by atoms with Crippen LogP contribution >= 0.6 is 11.6 Å². The van der Waals surface area contributed by atoms with Crippen molar-refractivity contribution < 1.29 is 23.9 Å². The molecule has 0 aliphatic heterocycles. The number of esters is 2. The van der Waals surface area contributed by atoms with Crippen molar-refractivity contribution in [3.8, 4) is 0 Å². The van der Waals surface area contributed by atoms with Crippen molar-refractivity contribution >= 4 is 29.3 Å². The van der Waals surface area contributed by atoms with Crippen LogP contribution in [0.3, 0.4) is 0 Å². The number of aromatic amines is 1. The van der Waals surface area contributed by atoms with Crippen LogP contribution in [-0.2, 0) is 9.47 Å². The van der Waals surface area contributed by atoms with Crippen LogP contribution in [0.5, 0.6) is 0 Å². The summed E-state index contributed by atoms with van der Waals surface area (Å²) in [6, 6.07) is 6.41. The Labute approximate surface area is 156 Å². The van der Waals surface area contributed by atoms with Crippen LogP contribution < -0.4 is 0 Å². The molecular formula is C19H20ClNO5. The highest BCUT2D eigenvalue weighted by Gasteiger charge is 2.26. The van der Waals surface area contributed by atoms with Gasteiger partial charge in [-0.3, -0.25) is 4.79 Å². The Bertz CT molecular complexity index is 856. The highest BCUT2D eigenvalue weighted by atomic mass is 35.5. The molecule has 0 fully saturated rings. The lowest BCUT2D eigenvalue weighted by Crippen LogP contribution is -2.25. The predicted octanol–water partition coefficient (Wildman–Crippen LogP) is 3.89. The van der Waals surface area contributed by atoms with E-state index in [9.17, 15) is 14.4 Å². The molecule has 1 aromatic heterocycles. The molecule has 2 aromatic rings. The highest BCUT2D eigenvalue weighted by molar-refractivity contribution is 6.31. The molecule has 0 radical (unpaired) electrons. The number of carbonyl (C=O) groups is 3. The van der Waals surface area contributed by atoms with Crippen molar-refractivity contribution in [1.29, 1.82) is 0 Å². The van der Waals surface area contributed by atoms with Crippen molar-refractivity contribution in [3.63, 3.8) is 0 Å². The van der Waals surface area contributed by atoms with Crippen molar-refractivity contribution in [2.45, 2.75) is 33.8 Å². The summed E-state index contributed by atoms with van der Waals surface area (Å²) in [7, 11) is 0. The Hall–Kier alpha value is -2.60. The number of aryl methyl sites for hydroxylation is 1. The van der Waals surface area contributed by atoms with Gasteiger partial charge >= 0.3 is 11.9 Å². The van der Waals surface area contributed by atoms with Gasteiger partial charge in [0, 0.05) is 16.3 Å². The fourth-order valence-electron chi connectivity index (χ4n) is 2.61. The van der Waals surface area contributed by atoms with E-state index in [2.05, 4.69) is 4.98 Å². The number of ether oxygens (including phenoxy) is 2. The highest BCUT2D eigenvalue weighted by Crippen LogP contribution is 2.21. The van der Waals surface area contributed by atoms with Gasteiger partial charge in [-0.2, -0.15) is 0 Å². The molecule has 0 aliphatic carbocycles. The fraction of sp³-hybridized carbons (Fsp3) is 0.316. The van der Waals surface area contributed by atoms with Crippen LogP contribution in [0.4, 0.5) is 0 Å². The van der Waals surface area contributed by atoms with E-state index in [1.807, 2.05) is 0 Å². The first-order valence-electron chi connectivity index (χ1n) is 8.13. The van der Waals surface area contributed by atoms with Crippen LogP contribution in [-0.4, -0.2) is 35.4 Å². The summed E-state index contributed by atoms with van der Waals surface area (Å²) in [5, 5.41) is 0.421. The van der Waals surface area contributed by atoms with E-state index in [4.69, 9.17) is 21.1 Å². The van der Waals surface area contributed by atoms with Crippen molar-refractivity contribution in [1.82, 2.24) is 4.98 Å². The molecule has 1 aromatic carbocycles. The van der Waals surface area contributed by atoms with Gasteiger partial charge < -0.3 is 14.5 Å². The van der Waals surface area contributed by atoms with Crippen LogP contribution in [0, 0.1) is 13.8 Å².